The minimum absolute atomic E-state index is 0.00865. The van der Waals surface area contributed by atoms with Gasteiger partial charge in [-0.25, -0.2) is 0 Å². The second-order valence-electron chi connectivity index (χ2n) is 10.5. The first kappa shape index (κ1) is 31.4. The third-order valence-corrected chi connectivity index (χ3v) is 8.37. The van der Waals surface area contributed by atoms with Crippen molar-refractivity contribution in [2.75, 3.05) is 32.8 Å². The maximum atomic E-state index is 13.2. The molecule has 2 N–H and O–H groups in total. The molecule has 0 spiro atoms. The average Bonchev–Trinajstić information content (AvgIpc) is 3.42. The zero-order valence-electron chi connectivity index (χ0n) is 25.4. The summed E-state index contributed by atoms with van der Waals surface area (Å²) in [6, 6.07) is 20.1. The van der Waals surface area contributed by atoms with Gasteiger partial charge in [-0.1, -0.05) is 70.2 Å². The molecule has 1 atom stereocenters. The molecule has 2 aromatic carbocycles. The maximum Gasteiger partial charge on any atom is 0.267 e. The molecule has 1 heterocycles. The number of nitrogens with one attached hydrogen (secondary N) is 1. The van der Waals surface area contributed by atoms with Crippen molar-refractivity contribution in [1.29, 1.82) is 0 Å². The van der Waals surface area contributed by atoms with Crippen LogP contribution < -0.4 is 10.1 Å². The molecule has 0 aliphatic rings. The number of carbonyl (C=O) groups is 1. The lowest BCUT2D eigenvalue weighted by Gasteiger charge is -2.34. The van der Waals surface area contributed by atoms with E-state index < -0.39 is 6.10 Å². The van der Waals surface area contributed by atoms with Crippen molar-refractivity contribution < 1.29 is 14.6 Å². The van der Waals surface area contributed by atoms with Crippen molar-refractivity contribution in [1.82, 2.24) is 14.8 Å². The molecule has 1 amide bonds. The molecule has 3 aromatic rings. The highest BCUT2D eigenvalue weighted by Crippen LogP contribution is 2.41. The topological polar surface area (TPSA) is 66.7 Å². The number of carbonyl (C=O) groups excluding carboxylic acids is 1. The van der Waals surface area contributed by atoms with Crippen LogP contribution >= 0.6 is 0 Å². The van der Waals surface area contributed by atoms with E-state index in [2.05, 4.69) is 74.5 Å². The fourth-order valence-corrected chi connectivity index (χ4v) is 5.78. The predicted molar refractivity (Wildman–Crippen MR) is 164 cm³/mol. The molecule has 1 unspecified atom stereocenters. The highest BCUT2D eigenvalue weighted by Gasteiger charge is 2.35. The number of aliphatic hydroxyl groups is 1. The van der Waals surface area contributed by atoms with Gasteiger partial charge < -0.3 is 24.6 Å². The first-order valence-electron chi connectivity index (χ1n) is 15.0. The summed E-state index contributed by atoms with van der Waals surface area (Å²) in [5, 5.41) is 13.7. The van der Waals surface area contributed by atoms with Crippen LogP contribution in [-0.2, 0) is 12.0 Å². The number of amides is 1. The second-order valence-corrected chi connectivity index (χ2v) is 10.5. The third-order valence-electron chi connectivity index (χ3n) is 8.37. The Bertz CT molecular complexity index is 1200. The van der Waals surface area contributed by atoms with Crippen LogP contribution in [0.25, 0.3) is 0 Å². The molecule has 0 aliphatic heterocycles. The van der Waals surface area contributed by atoms with Crippen molar-refractivity contribution in [3.8, 4) is 5.75 Å². The van der Waals surface area contributed by atoms with Gasteiger partial charge in [0, 0.05) is 24.2 Å². The Kier molecular flexibility index (Phi) is 11.8. The number of ether oxygens (including phenoxy) is 1. The van der Waals surface area contributed by atoms with E-state index >= 15 is 0 Å². The standard InChI is InChI=1S/C34H49N3O3/c1-7-34(8-2,28-18-20-31(26(6)24-28)40-25-30(38)27-16-13-12-14-17-27)32-21-19-29(37(32)11-5)33(39)35-22-15-23-36(9-3)10-4/h12-14,16-21,24,30,38H,7-11,15,22-23,25H2,1-6H3,(H,35,39). The molecule has 6 heteroatoms. The van der Waals surface area contributed by atoms with E-state index in [1.807, 2.05) is 42.5 Å². The van der Waals surface area contributed by atoms with Crippen molar-refractivity contribution in [3.63, 3.8) is 0 Å². The number of rotatable bonds is 16. The Morgan fingerprint density at radius 3 is 2.30 bits per heavy atom. The normalized spacial score (nSPS) is 12.5. The molecule has 0 radical (unpaired) electrons. The van der Waals surface area contributed by atoms with E-state index in [9.17, 15) is 9.90 Å². The summed E-state index contributed by atoms with van der Waals surface area (Å²) < 4.78 is 8.22. The number of aromatic nitrogens is 1. The number of aliphatic hydroxyl groups excluding tert-OH is 1. The van der Waals surface area contributed by atoms with E-state index in [0.717, 1.165) is 68.0 Å². The summed E-state index contributed by atoms with van der Waals surface area (Å²) in [4.78, 5) is 15.6. The lowest BCUT2D eigenvalue weighted by molar-refractivity contribution is 0.0942. The van der Waals surface area contributed by atoms with Gasteiger partial charge in [-0.15, -0.1) is 0 Å². The number of aryl methyl sites for hydroxylation is 1. The largest absolute Gasteiger partial charge is 0.490 e. The minimum atomic E-state index is -0.680. The smallest absolute Gasteiger partial charge is 0.267 e. The summed E-state index contributed by atoms with van der Waals surface area (Å²) in [7, 11) is 0. The SMILES string of the molecule is CCN(CC)CCCNC(=O)c1ccc(C(CC)(CC)c2ccc(OCC(O)c3ccccc3)c(C)c2)n1CC. The van der Waals surface area contributed by atoms with Crippen LogP contribution in [-0.4, -0.2) is 53.3 Å². The molecule has 0 bridgehead atoms. The van der Waals surface area contributed by atoms with Gasteiger partial charge in [0.15, 0.2) is 0 Å². The van der Waals surface area contributed by atoms with Crippen LogP contribution in [0.3, 0.4) is 0 Å². The average molecular weight is 548 g/mol. The van der Waals surface area contributed by atoms with Crippen LogP contribution in [0, 0.1) is 6.92 Å². The van der Waals surface area contributed by atoms with Gasteiger partial charge in [0.25, 0.3) is 5.91 Å². The molecule has 0 aliphatic carbocycles. The van der Waals surface area contributed by atoms with Crippen molar-refractivity contribution in [2.45, 2.75) is 78.9 Å². The van der Waals surface area contributed by atoms with Crippen molar-refractivity contribution in [2.24, 2.45) is 0 Å². The summed E-state index contributed by atoms with van der Waals surface area (Å²) in [5.74, 6) is 0.765. The molecular weight excluding hydrogens is 498 g/mol. The molecule has 0 saturated heterocycles. The summed E-state index contributed by atoms with van der Waals surface area (Å²) in [6.45, 7) is 17.6. The Labute approximate surface area is 241 Å². The molecule has 3 rings (SSSR count). The highest BCUT2D eigenvalue weighted by atomic mass is 16.5. The van der Waals surface area contributed by atoms with E-state index in [1.165, 1.54) is 11.3 Å². The van der Waals surface area contributed by atoms with E-state index in [4.69, 9.17) is 4.74 Å². The Morgan fingerprint density at radius 2 is 1.70 bits per heavy atom. The van der Waals surface area contributed by atoms with Crippen LogP contribution in [0.1, 0.15) is 92.9 Å². The fourth-order valence-electron chi connectivity index (χ4n) is 5.78. The highest BCUT2D eigenvalue weighted by molar-refractivity contribution is 5.93. The Balaban J connectivity index is 1.79. The second kappa shape index (κ2) is 15.1. The molecular formula is C34H49N3O3. The van der Waals surface area contributed by atoms with Gasteiger partial charge in [0.05, 0.1) is 0 Å². The number of hydrogen-bond acceptors (Lipinski definition) is 4. The first-order valence-corrected chi connectivity index (χ1v) is 15.0. The minimum Gasteiger partial charge on any atom is -0.490 e. The van der Waals surface area contributed by atoms with E-state index in [-0.39, 0.29) is 17.9 Å². The van der Waals surface area contributed by atoms with Crippen LogP contribution in [0.2, 0.25) is 0 Å². The number of hydrogen-bond donors (Lipinski definition) is 2. The van der Waals surface area contributed by atoms with Crippen LogP contribution in [0.15, 0.2) is 60.7 Å². The lowest BCUT2D eigenvalue weighted by atomic mass is 9.72. The van der Waals surface area contributed by atoms with Crippen LogP contribution in [0.4, 0.5) is 0 Å². The van der Waals surface area contributed by atoms with Crippen molar-refractivity contribution >= 4 is 5.91 Å². The number of benzene rings is 2. The van der Waals surface area contributed by atoms with E-state index in [0.29, 0.717) is 6.54 Å². The monoisotopic (exact) mass is 547 g/mol. The number of nitrogens with zero attached hydrogens (tertiary/aromatic N) is 2. The summed E-state index contributed by atoms with van der Waals surface area (Å²) in [5.41, 5.74) is 4.75. The van der Waals surface area contributed by atoms with Gasteiger partial charge in [0.2, 0.25) is 0 Å². The maximum absolute atomic E-state index is 13.2. The molecule has 1 aromatic heterocycles. The van der Waals surface area contributed by atoms with Gasteiger partial charge in [-0.05, 0) is 87.6 Å². The zero-order chi connectivity index (χ0) is 29.1. The van der Waals surface area contributed by atoms with Gasteiger partial charge >= 0.3 is 0 Å². The Morgan fingerprint density at radius 1 is 1.00 bits per heavy atom. The molecule has 0 saturated carbocycles. The summed E-state index contributed by atoms with van der Waals surface area (Å²) in [6.07, 6.45) is 2.08. The third kappa shape index (κ3) is 7.15. The van der Waals surface area contributed by atoms with Gasteiger partial charge in [-0.2, -0.15) is 0 Å². The molecule has 6 nitrogen and oxygen atoms in total. The fraction of sp³-hybridized carbons (Fsp3) is 0.500. The Hall–Kier alpha value is -3.09. The molecule has 218 valence electrons. The summed E-state index contributed by atoms with van der Waals surface area (Å²) >= 11 is 0. The van der Waals surface area contributed by atoms with Crippen molar-refractivity contribution in [3.05, 3.63) is 88.7 Å². The van der Waals surface area contributed by atoms with Gasteiger partial charge in [0.1, 0.15) is 24.2 Å². The first-order chi connectivity index (χ1) is 19.3. The van der Waals surface area contributed by atoms with Gasteiger partial charge in [-0.3, -0.25) is 4.79 Å². The lowest BCUT2D eigenvalue weighted by Crippen LogP contribution is -2.33. The van der Waals surface area contributed by atoms with Crippen LogP contribution in [0.5, 0.6) is 5.75 Å². The molecule has 0 fully saturated rings. The quantitative estimate of drug-likeness (QED) is 0.201. The zero-order valence-corrected chi connectivity index (χ0v) is 25.4. The predicted octanol–water partition coefficient (Wildman–Crippen LogP) is 6.50. The molecule has 40 heavy (non-hydrogen) atoms. The van der Waals surface area contributed by atoms with E-state index in [1.54, 1.807) is 0 Å².